The van der Waals surface area contributed by atoms with Crippen LogP contribution in [-0.2, 0) is 0 Å². The van der Waals surface area contributed by atoms with Gasteiger partial charge < -0.3 is 0 Å². The first-order chi connectivity index (χ1) is 4.16. The fourth-order valence-electron chi connectivity index (χ4n) is 0.227. The summed E-state index contributed by atoms with van der Waals surface area (Å²) in [7, 11) is 0. The van der Waals surface area contributed by atoms with Crippen LogP contribution in [0.5, 0.6) is 0 Å². The summed E-state index contributed by atoms with van der Waals surface area (Å²) >= 11 is 2.14. The molecule has 0 aliphatic rings. The zero-order valence-electron chi connectivity index (χ0n) is 5.48. The van der Waals surface area contributed by atoms with Gasteiger partial charge in [0.2, 0.25) is 0 Å². The number of aliphatic imine (C=N–C) groups is 1. The van der Waals surface area contributed by atoms with E-state index >= 15 is 0 Å². The second-order valence-corrected chi connectivity index (χ2v) is 2.32. The summed E-state index contributed by atoms with van der Waals surface area (Å²) in [5, 5.41) is 6.94. The van der Waals surface area contributed by atoms with E-state index in [9.17, 15) is 0 Å². The average molecular weight is 236 g/mol. The van der Waals surface area contributed by atoms with Gasteiger partial charge in [-0.3, -0.25) is 5.41 Å². The van der Waals surface area contributed by atoms with Crippen LogP contribution in [0.2, 0.25) is 0 Å². The molecule has 0 radical (unpaired) electrons. The van der Waals surface area contributed by atoms with Gasteiger partial charge in [0, 0.05) is 6.21 Å². The van der Waals surface area contributed by atoms with E-state index < -0.39 is 0 Å². The minimum absolute atomic E-state index is 0.340. The molecule has 50 valence electrons. The van der Waals surface area contributed by atoms with Crippen LogP contribution < -0.4 is 0 Å². The maximum Gasteiger partial charge on any atom is 0.117 e. The number of nitrogens with one attached hydrogen (secondary N) is 1. The van der Waals surface area contributed by atoms with Crippen molar-refractivity contribution >= 4 is 34.6 Å². The second kappa shape index (κ2) is 4.67. The highest BCUT2D eigenvalue weighted by molar-refractivity contribution is 14.1. The Hall–Kier alpha value is -0.190. The molecule has 0 rings (SSSR count). The Labute approximate surface area is 68.7 Å². The standard InChI is InChI=1S/C6H9IN2/c1-5(3-7)4-9-6(2)8/h3-4,8H,1-2H3/b5-3-,8-6?,9-4?. The summed E-state index contributed by atoms with van der Waals surface area (Å²) in [4.78, 5) is 3.78. The molecule has 9 heavy (non-hydrogen) atoms. The number of amidine groups is 1. The van der Waals surface area contributed by atoms with Crippen molar-refractivity contribution in [2.24, 2.45) is 4.99 Å². The van der Waals surface area contributed by atoms with Gasteiger partial charge in [-0.25, -0.2) is 4.99 Å². The highest BCUT2D eigenvalue weighted by Crippen LogP contribution is 1.93. The highest BCUT2D eigenvalue weighted by atomic mass is 127. The number of hydrogen-bond donors (Lipinski definition) is 1. The third kappa shape index (κ3) is 5.68. The Balaban J connectivity index is 3.86. The SMILES string of the molecule is CC(=N)N=C/C(C)=C\I. The smallest absolute Gasteiger partial charge is 0.117 e. The van der Waals surface area contributed by atoms with E-state index in [1.165, 1.54) is 0 Å². The van der Waals surface area contributed by atoms with Gasteiger partial charge in [-0.05, 0) is 23.5 Å². The van der Waals surface area contributed by atoms with E-state index in [-0.39, 0.29) is 0 Å². The molecular formula is C6H9IN2. The Morgan fingerprint density at radius 2 is 2.11 bits per heavy atom. The molecule has 0 saturated carbocycles. The van der Waals surface area contributed by atoms with E-state index in [1.807, 2.05) is 11.0 Å². The van der Waals surface area contributed by atoms with Crippen molar-refractivity contribution in [3.63, 3.8) is 0 Å². The van der Waals surface area contributed by atoms with E-state index in [1.54, 1.807) is 13.1 Å². The van der Waals surface area contributed by atoms with Gasteiger partial charge in [-0.2, -0.15) is 0 Å². The molecule has 0 saturated heterocycles. The van der Waals surface area contributed by atoms with Gasteiger partial charge in [-0.15, -0.1) is 0 Å². The molecule has 0 aliphatic heterocycles. The van der Waals surface area contributed by atoms with Gasteiger partial charge in [0.15, 0.2) is 0 Å². The van der Waals surface area contributed by atoms with Gasteiger partial charge >= 0.3 is 0 Å². The van der Waals surface area contributed by atoms with Crippen molar-refractivity contribution in [3.05, 3.63) is 9.66 Å². The van der Waals surface area contributed by atoms with Crippen molar-refractivity contribution in [2.45, 2.75) is 13.8 Å². The predicted octanol–water partition coefficient (Wildman–Crippen LogP) is 2.39. The Bertz CT molecular complexity index is 158. The minimum atomic E-state index is 0.340. The van der Waals surface area contributed by atoms with E-state index in [4.69, 9.17) is 5.41 Å². The summed E-state index contributed by atoms with van der Waals surface area (Å²) in [6.07, 6.45) is 1.68. The average Bonchev–Trinajstić information content (AvgIpc) is 1.83. The fourth-order valence-corrected chi connectivity index (χ4v) is 0.388. The summed E-state index contributed by atoms with van der Waals surface area (Å²) in [6, 6.07) is 0. The third-order valence-electron chi connectivity index (χ3n) is 0.634. The lowest BCUT2D eigenvalue weighted by Crippen LogP contribution is -1.83. The molecule has 0 heterocycles. The van der Waals surface area contributed by atoms with Crippen molar-refractivity contribution < 1.29 is 0 Å². The molecule has 2 nitrogen and oxygen atoms in total. The van der Waals surface area contributed by atoms with Crippen LogP contribution >= 0.6 is 22.6 Å². The van der Waals surface area contributed by atoms with Gasteiger partial charge in [-0.1, -0.05) is 22.6 Å². The molecule has 0 spiro atoms. The van der Waals surface area contributed by atoms with Crippen LogP contribution in [-0.4, -0.2) is 12.1 Å². The van der Waals surface area contributed by atoms with Gasteiger partial charge in [0.1, 0.15) is 5.84 Å². The molecule has 0 unspecified atom stereocenters. The zero-order valence-corrected chi connectivity index (χ0v) is 7.64. The molecule has 0 aromatic carbocycles. The van der Waals surface area contributed by atoms with Crippen LogP contribution in [0, 0.1) is 5.41 Å². The van der Waals surface area contributed by atoms with Gasteiger partial charge in [0.25, 0.3) is 0 Å². The number of halogens is 1. The maximum atomic E-state index is 6.94. The lowest BCUT2D eigenvalue weighted by Gasteiger charge is -1.84. The Morgan fingerprint density at radius 1 is 1.56 bits per heavy atom. The molecule has 0 bridgehead atoms. The zero-order chi connectivity index (χ0) is 7.28. The number of rotatable bonds is 1. The molecule has 0 aromatic rings. The summed E-state index contributed by atoms with van der Waals surface area (Å²) in [5.74, 6) is 0.340. The Kier molecular flexibility index (Phi) is 4.57. The number of nitrogens with zero attached hydrogens (tertiary/aromatic N) is 1. The summed E-state index contributed by atoms with van der Waals surface area (Å²) < 4.78 is 1.92. The molecule has 3 heteroatoms. The minimum Gasteiger partial charge on any atom is -0.287 e. The first-order valence-electron chi connectivity index (χ1n) is 2.53. The third-order valence-corrected chi connectivity index (χ3v) is 1.62. The Morgan fingerprint density at radius 3 is 2.44 bits per heavy atom. The first-order valence-corrected chi connectivity index (χ1v) is 3.77. The lowest BCUT2D eigenvalue weighted by atomic mass is 10.4. The van der Waals surface area contributed by atoms with E-state index in [2.05, 4.69) is 27.6 Å². The molecule has 0 amide bonds. The highest BCUT2D eigenvalue weighted by Gasteiger charge is 1.78. The largest absolute Gasteiger partial charge is 0.287 e. The molecule has 1 N–H and O–H groups in total. The van der Waals surface area contributed by atoms with E-state index in [0.717, 1.165) is 5.57 Å². The molecule has 0 aliphatic carbocycles. The molecule has 0 fully saturated rings. The number of hydrogen-bond acceptors (Lipinski definition) is 1. The molecule has 0 aromatic heterocycles. The van der Waals surface area contributed by atoms with Crippen molar-refractivity contribution in [3.8, 4) is 0 Å². The second-order valence-electron chi connectivity index (χ2n) is 1.70. The normalized spacial score (nSPS) is 12.6. The molecule has 0 atom stereocenters. The van der Waals surface area contributed by atoms with Crippen LogP contribution in [0.15, 0.2) is 14.6 Å². The maximum absolute atomic E-state index is 6.94. The van der Waals surface area contributed by atoms with Crippen LogP contribution in [0.25, 0.3) is 0 Å². The summed E-state index contributed by atoms with van der Waals surface area (Å²) in [5.41, 5.74) is 1.07. The van der Waals surface area contributed by atoms with Crippen molar-refractivity contribution in [1.29, 1.82) is 5.41 Å². The van der Waals surface area contributed by atoms with Gasteiger partial charge in [0.05, 0.1) is 0 Å². The number of allylic oxidation sites excluding steroid dienone is 1. The van der Waals surface area contributed by atoms with Crippen LogP contribution in [0.4, 0.5) is 0 Å². The quantitative estimate of drug-likeness (QED) is 0.412. The van der Waals surface area contributed by atoms with E-state index in [0.29, 0.717) is 5.84 Å². The van der Waals surface area contributed by atoms with Crippen molar-refractivity contribution in [1.82, 2.24) is 0 Å². The predicted molar refractivity (Wildman–Crippen MR) is 49.7 cm³/mol. The summed E-state index contributed by atoms with van der Waals surface area (Å²) in [6.45, 7) is 3.59. The van der Waals surface area contributed by atoms with Crippen molar-refractivity contribution in [2.75, 3.05) is 0 Å². The first kappa shape index (κ1) is 8.81. The van der Waals surface area contributed by atoms with Crippen LogP contribution in [0.3, 0.4) is 0 Å². The lowest BCUT2D eigenvalue weighted by molar-refractivity contribution is 1.41. The van der Waals surface area contributed by atoms with Crippen LogP contribution in [0.1, 0.15) is 13.8 Å². The topological polar surface area (TPSA) is 36.2 Å². The fraction of sp³-hybridized carbons (Fsp3) is 0.333. The molecular weight excluding hydrogens is 227 g/mol. The monoisotopic (exact) mass is 236 g/mol.